The van der Waals surface area contributed by atoms with E-state index in [0.717, 1.165) is 5.56 Å². The lowest BCUT2D eigenvalue weighted by Crippen LogP contribution is -2.32. The fourth-order valence-electron chi connectivity index (χ4n) is 2.53. The minimum Gasteiger partial charge on any atom is -0.487 e. The van der Waals surface area contributed by atoms with Gasteiger partial charge in [0.05, 0.1) is 18.5 Å². The van der Waals surface area contributed by atoms with Crippen LogP contribution in [0.3, 0.4) is 0 Å². The first kappa shape index (κ1) is 15.0. The lowest BCUT2D eigenvalue weighted by molar-refractivity contribution is 0.214. The van der Waals surface area contributed by atoms with Crippen molar-refractivity contribution in [3.05, 3.63) is 60.4 Å². The van der Waals surface area contributed by atoms with E-state index in [1.54, 1.807) is 18.5 Å². The van der Waals surface area contributed by atoms with E-state index in [2.05, 4.69) is 4.98 Å². The van der Waals surface area contributed by atoms with E-state index in [9.17, 15) is 8.42 Å². The van der Waals surface area contributed by atoms with E-state index in [-0.39, 0.29) is 11.9 Å². The Morgan fingerprint density at radius 1 is 1.18 bits per heavy atom. The molecule has 0 amide bonds. The molecule has 2 aromatic rings. The average molecular weight is 318 g/mol. The van der Waals surface area contributed by atoms with Crippen LogP contribution in [-0.2, 0) is 15.8 Å². The maximum Gasteiger partial charge on any atom is 0.218 e. The molecule has 1 aromatic heterocycles. The van der Waals surface area contributed by atoms with Gasteiger partial charge in [0.2, 0.25) is 10.0 Å². The summed E-state index contributed by atoms with van der Waals surface area (Å²) in [6, 6.07) is 12.9. The largest absolute Gasteiger partial charge is 0.487 e. The third kappa shape index (κ3) is 3.64. The van der Waals surface area contributed by atoms with Gasteiger partial charge in [-0.3, -0.25) is 4.98 Å². The fraction of sp³-hybridized carbons (Fsp3) is 0.312. The van der Waals surface area contributed by atoms with Gasteiger partial charge in [-0.25, -0.2) is 8.42 Å². The van der Waals surface area contributed by atoms with E-state index < -0.39 is 10.0 Å². The van der Waals surface area contributed by atoms with Gasteiger partial charge in [-0.15, -0.1) is 0 Å². The third-order valence-corrected chi connectivity index (χ3v) is 5.45. The lowest BCUT2D eigenvalue weighted by atomic mass is 10.2. The Kier molecular flexibility index (Phi) is 4.40. The zero-order valence-corrected chi connectivity index (χ0v) is 12.9. The van der Waals surface area contributed by atoms with Crippen LogP contribution in [0.25, 0.3) is 0 Å². The van der Waals surface area contributed by atoms with Crippen molar-refractivity contribution in [1.82, 2.24) is 9.29 Å². The Hall–Kier alpha value is -1.92. The summed E-state index contributed by atoms with van der Waals surface area (Å²) in [6.45, 7) is 0.893. The first-order valence-corrected chi connectivity index (χ1v) is 8.83. The van der Waals surface area contributed by atoms with Crippen molar-refractivity contribution in [2.24, 2.45) is 0 Å². The van der Waals surface area contributed by atoms with E-state index in [1.807, 2.05) is 36.4 Å². The third-order valence-electron chi connectivity index (χ3n) is 3.63. The minimum atomic E-state index is -3.30. The Labute approximate surface area is 130 Å². The van der Waals surface area contributed by atoms with Crippen molar-refractivity contribution in [3.8, 4) is 5.75 Å². The SMILES string of the molecule is O=S(=O)(Cc1ccccc1)N1CC[C@@H](Oc2cccnc2)C1. The summed E-state index contributed by atoms with van der Waals surface area (Å²) in [4.78, 5) is 3.99. The van der Waals surface area contributed by atoms with E-state index in [4.69, 9.17) is 4.74 Å². The molecule has 0 radical (unpaired) electrons. The maximum atomic E-state index is 12.5. The predicted molar refractivity (Wildman–Crippen MR) is 83.9 cm³/mol. The van der Waals surface area contributed by atoms with Gasteiger partial charge in [-0.2, -0.15) is 4.31 Å². The molecule has 2 heterocycles. The van der Waals surface area contributed by atoms with Crippen LogP contribution in [0, 0.1) is 0 Å². The van der Waals surface area contributed by atoms with Crippen LogP contribution in [0.5, 0.6) is 5.75 Å². The molecule has 5 nitrogen and oxygen atoms in total. The standard InChI is InChI=1S/C16H18N2O3S/c19-22(20,13-14-5-2-1-3-6-14)18-10-8-16(12-18)21-15-7-4-9-17-11-15/h1-7,9,11,16H,8,10,12-13H2/t16-/m1/s1. The second-order valence-corrected chi connectivity index (χ2v) is 7.29. The molecule has 0 spiro atoms. The van der Waals surface area contributed by atoms with E-state index in [0.29, 0.717) is 25.3 Å². The molecular weight excluding hydrogens is 300 g/mol. The van der Waals surface area contributed by atoms with Crippen molar-refractivity contribution >= 4 is 10.0 Å². The Bertz CT molecular complexity index is 705. The highest BCUT2D eigenvalue weighted by Gasteiger charge is 2.32. The summed E-state index contributed by atoms with van der Waals surface area (Å²) in [7, 11) is -3.30. The van der Waals surface area contributed by atoms with Crippen molar-refractivity contribution in [2.75, 3.05) is 13.1 Å². The van der Waals surface area contributed by atoms with Crippen LogP contribution in [0.1, 0.15) is 12.0 Å². The summed E-state index contributed by atoms with van der Waals surface area (Å²) in [5.41, 5.74) is 0.805. The van der Waals surface area contributed by atoms with Gasteiger partial charge in [0.25, 0.3) is 0 Å². The number of hydrogen-bond acceptors (Lipinski definition) is 4. The molecule has 22 heavy (non-hydrogen) atoms. The summed E-state index contributed by atoms with van der Waals surface area (Å²) in [6.07, 6.45) is 3.90. The molecule has 0 bridgehead atoms. The van der Waals surface area contributed by atoms with Crippen molar-refractivity contribution in [3.63, 3.8) is 0 Å². The van der Waals surface area contributed by atoms with Gasteiger partial charge >= 0.3 is 0 Å². The van der Waals surface area contributed by atoms with Crippen molar-refractivity contribution in [1.29, 1.82) is 0 Å². The molecule has 1 atom stereocenters. The molecule has 1 aliphatic rings. The minimum absolute atomic E-state index is 0.0352. The van der Waals surface area contributed by atoms with Crippen LogP contribution < -0.4 is 4.74 Å². The monoisotopic (exact) mass is 318 g/mol. The topological polar surface area (TPSA) is 59.5 Å². The van der Waals surface area contributed by atoms with Crippen LogP contribution >= 0.6 is 0 Å². The predicted octanol–water partition coefficient (Wildman–Crippen LogP) is 2.06. The van der Waals surface area contributed by atoms with E-state index >= 15 is 0 Å². The van der Waals surface area contributed by atoms with Crippen LogP contribution in [0.15, 0.2) is 54.9 Å². The van der Waals surface area contributed by atoms with Crippen molar-refractivity contribution in [2.45, 2.75) is 18.3 Å². The second kappa shape index (κ2) is 6.46. The number of sulfonamides is 1. The first-order valence-electron chi connectivity index (χ1n) is 7.22. The molecule has 0 N–H and O–H groups in total. The smallest absolute Gasteiger partial charge is 0.218 e. The van der Waals surface area contributed by atoms with Crippen molar-refractivity contribution < 1.29 is 13.2 Å². The van der Waals surface area contributed by atoms with Gasteiger partial charge in [0.15, 0.2) is 0 Å². The highest BCUT2D eigenvalue weighted by molar-refractivity contribution is 7.88. The van der Waals surface area contributed by atoms with Crippen LogP contribution in [0.4, 0.5) is 0 Å². The zero-order chi connectivity index (χ0) is 15.4. The molecule has 0 unspecified atom stereocenters. The molecule has 3 rings (SSSR count). The quantitative estimate of drug-likeness (QED) is 0.847. The Balaban J connectivity index is 1.62. The van der Waals surface area contributed by atoms with E-state index in [1.165, 1.54) is 4.31 Å². The fourth-order valence-corrected chi connectivity index (χ4v) is 4.11. The highest BCUT2D eigenvalue weighted by Crippen LogP contribution is 2.21. The molecule has 1 aliphatic heterocycles. The molecular formula is C16H18N2O3S. The summed E-state index contributed by atoms with van der Waals surface area (Å²) in [5.74, 6) is 0.711. The number of hydrogen-bond donors (Lipinski definition) is 0. The molecule has 0 aliphatic carbocycles. The van der Waals surface area contributed by atoms with Gasteiger partial charge in [-0.05, 0) is 24.1 Å². The lowest BCUT2D eigenvalue weighted by Gasteiger charge is -2.17. The second-order valence-electron chi connectivity index (χ2n) is 5.32. The highest BCUT2D eigenvalue weighted by atomic mass is 32.2. The van der Waals surface area contributed by atoms with Crippen LogP contribution in [-0.4, -0.2) is 36.9 Å². The number of aromatic nitrogens is 1. The maximum absolute atomic E-state index is 12.5. The molecule has 116 valence electrons. The zero-order valence-electron chi connectivity index (χ0n) is 12.1. The van der Waals surface area contributed by atoms with Gasteiger partial charge < -0.3 is 4.74 Å². The number of nitrogens with zero attached hydrogens (tertiary/aromatic N) is 2. The number of benzene rings is 1. The van der Waals surface area contributed by atoms with Gasteiger partial charge in [-0.1, -0.05) is 30.3 Å². The number of pyridine rings is 1. The summed E-state index contributed by atoms with van der Waals surface area (Å²) >= 11 is 0. The Morgan fingerprint density at radius 3 is 2.73 bits per heavy atom. The number of rotatable bonds is 5. The molecule has 6 heteroatoms. The first-order chi connectivity index (χ1) is 10.6. The molecule has 1 saturated heterocycles. The average Bonchev–Trinajstić information content (AvgIpc) is 2.98. The molecule has 0 saturated carbocycles. The summed E-state index contributed by atoms with van der Waals surface area (Å²) < 4.78 is 32.2. The van der Waals surface area contributed by atoms with Crippen LogP contribution in [0.2, 0.25) is 0 Å². The van der Waals surface area contributed by atoms with Gasteiger partial charge in [0, 0.05) is 12.7 Å². The number of ether oxygens (including phenoxy) is 1. The molecule has 1 fully saturated rings. The summed E-state index contributed by atoms with van der Waals surface area (Å²) in [5, 5.41) is 0. The normalized spacial score (nSPS) is 19.2. The molecule has 1 aromatic carbocycles. The van der Waals surface area contributed by atoms with Gasteiger partial charge in [0.1, 0.15) is 11.9 Å². The Morgan fingerprint density at radius 2 is 2.00 bits per heavy atom.